The summed E-state index contributed by atoms with van der Waals surface area (Å²) >= 11 is 0. The predicted octanol–water partition coefficient (Wildman–Crippen LogP) is 1.16. The summed E-state index contributed by atoms with van der Waals surface area (Å²) in [5.41, 5.74) is 1.10. The summed E-state index contributed by atoms with van der Waals surface area (Å²) in [6.07, 6.45) is -0.667. The van der Waals surface area contributed by atoms with E-state index in [1.165, 1.54) is 16.6 Å². The molecule has 0 bridgehead atoms. The number of aryl methyl sites for hydroxylation is 1. The Morgan fingerprint density at radius 3 is 2.55 bits per heavy atom. The topological polar surface area (TPSA) is 111 Å². The zero-order valence-electron chi connectivity index (χ0n) is 16.6. The van der Waals surface area contributed by atoms with Crippen LogP contribution in [-0.2, 0) is 19.4 Å². The van der Waals surface area contributed by atoms with E-state index in [9.17, 15) is 18.0 Å². The van der Waals surface area contributed by atoms with Crippen LogP contribution in [0.2, 0.25) is 0 Å². The molecular weight excluding hydrogens is 396 g/mol. The largest absolute Gasteiger partial charge is 0.448 e. The van der Waals surface area contributed by atoms with Crippen LogP contribution in [0.25, 0.3) is 5.69 Å². The summed E-state index contributed by atoms with van der Waals surface area (Å²) in [7, 11) is -3.13. The van der Waals surface area contributed by atoms with E-state index in [2.05, 4.69) is 10.2 Å². The van der Waals surface area contributed by atoms with E-state index in [1.54, 1.807) is 26.0 Å². The van der Waals surface area contributed by atoms with Gasteiger partial charge in [0.15, 0.2) is 21.6 Å². The number of likely N-dealkylation sites (N-methyl/N-ethyl adjacent to an activating group) is 1. The highest BCUT2D eigenvalue weighted by Gasteiger charge is 2.36. The van der Waals surface area contributed by atoms with E-state index in [-0.39, 0.29) is 23.2 Å². The average molecular weight is 420 g/mol. The van der Waals surface area contributed by atoms with Crippen LogP contribution in [0.1, 0.15) is 36.5 Å². The Morgan fingerprint density at radius 2 is 1.97 bits per heavy atom. The lowest BCUT2D eigenvalue weighted by Crippen LogP contribution is -2.46. The second-order valence-electron chi connectivity index (χ2n) is 6.99. The molecule has 2 aromatic rings. The smallest absolute Gasteiger partial charge is 0.361 e. The minimum absolute atomic E-state index is 0.0278. The van der Waals surface area contributed by atoms with Crippen LogP contribution in [0.5, 0.6) is 0 Å². The molecule has 0 unspecified atom stereocenters. The van der Waals surface area contributed by atoms with Crippen molar-refractivity contribution in [1.29, 1.82) is 0 Å². The van der Waals surface area contributed by atoms with E-state index < -0.39 is 27.8 Å². The van der Waals surface area contributed by atoms with Gasteiger partial charge in [0.05, 0.1) is 22.9 Å². The maximum atomic E-state index is 12.8. The Hall–Kier alpha value is -2.75. The molecule has 9 nitrogen and oxygen atoms in total. The molecule has 0 radical (unpaired) electrons. The highest BCUT2D eigenvalue weighted by molar-refractivity contribution is 7.91. The fourth-order valence-electron chi connectivity index (χ4n) is 3.36. The summed E-state index contributed by atoms with van der Waals surface area (Å²) in [6, 6.07) is 8.73. The number of hydrogen-bond acceptors (Lipinski definition) is 7. The van der Waals surface area contributed by atoms with E-state index in [0.29, 0.717) is 24.3 Å². The first-order valence-electron chi connectivity index (χ1n) is 9.43. The van der Waals surface area contributed by atoms with E-state index in [0.717, 1.165) is 0 Å². The Balaban J connectivity index is 1.70. The van der Waals surface area contributed by atoms with Crippen LogP contribution < -0.4 is 0 Å². The van der Waals surface area contributed by atoms with Gasteiger partial charge in [0.2, 0.25) is 0 Å². The summed E-state index contributed by atoms with van der Waals surface area (Å²) in [5, 5.41) is 8.41. The maximum Gasteiger partial charge on any atom is 0.361 e. The van der Waals surface area contributed by atoms with Crippen LogP contribution >= 0.6 is 0 Å². The molecule has 0 saturated carbocycles. The fourth-order valence-corrected chi connectivity index (χ4v) is 5.09. The van der Waals surface area contributed by atoms with Crippen molar-refractivity contribution in [1.82, 2.24) is 19.9 Å². The predicted molar refractivity (Wildman–Crippen MR) is 105 cm³/mol. The highest BCUT2D eigenvalue weighted by Crippen LogP contribution is 2.19. The maximum absolute atomic E-state index is 12.8. The highest BCUT2D eigenvalue weighted by atomic mass is 32.2. The lowest BCUT2D eigenvalue weighted by Gasteiger charge is -2.29. The zero-order chi connectivity index (χ0) is 21.2. The number of nitrogens with zero attached hydrogens (tertiary/aromatic N) is 4. The van der Waals surface area contributed by atoms with Crippen molar-refractivity contribution in [2.75, 3.05) is 18.1 Å². The zero-order valence-corrected chi connectivity index (χ0v) is 17.4. The Kier molecular flexibility index (Phi) is 6.02. The first-order chi connectivity index (χ1) is 13.7. The van der Waals surface area contributed by atoms with E-state index in [4.69, 9.17) is 4.74 Å². The number of hydrogen-bond donors (Lipinski definition) is 0. The molecule has 0 aliphatic carbocycles. The van der Waals surface area contributed by atoms with E-state index >= 15 is 0 Å². The van der Waals surface area contributed by atoms with Gasteiger partial charge in [0.1, 0.15) is 0 Å². The number of sulfone groups is 1. The van der Waals surface area contributed by atoms with Crippen LogP contribution in [0, 0.1) is 6.92 Å². The molecule has 3 rings (SSSR count). The normalized spacial score (nSPS) is 18.9. The molecule has 29 heavy (non-hydrogen) atoms. The van der Waals surface area contributed by atoms with Crippen LogP contribution in [-0.4, -0.2) is 70.4 Å². The van der Waals surface area contributed by atoms with Gasteiger partial charge in [-0.1, -0.05) is 18.2 Å². The van der Waals surface area contributed by atoms with Gasteiger partial charge in [0, 0.05) is 12.6 Å². The molecule has 0 N–H and O–H groups in total. The molecule has 1 amide bonds. The number of carbonyl (C=O) groups is 2. The number of rotatable bonds is 6. The van der Waals surface area contributed by atoms with Crippen molar-refractivity contribution in [3.05, 3.63) is 41.7 Å². The second-order valence-corrected chi connectivity index (χ2v) is 9.22. The van der Waals surface area contributed by atoms with Crippen molar-refractivity contribution in [3.8, 4) is 5.69 Å². The second kappa shape index (κ2) is 8.32. The van der Waals surface area contributed by atoms with Crippen molar-refractivity contribution in [3.63, 3.8) is 0 Å². The summed E-state index contributed by atoms with van der Waals surface area (Å²) in [6.45, 7) is 5.22. The molecule has 1 aliphatic rings. The van der Waals surface area contributed by atoms with E-state index in [1.807, 2.05) is 18.2 Å². The molecule has 10 heteroatoms. The number of amides is 1. The Morgan fingerprint density at radius 1 is 1.28 bits per heavy atom. The molecule has 1 aliphatic heterocycles. The lowest BCUT2D eigenvalue weighted by molar-refractivity contribution is -0.141. The fraction of sp³-hybridized carbons (Fsp3) is 0.474. The van der Waals surface area contributed by atoms with Gasteiger partial charge in [0.25, 0.3) is 5.91 Å². The summed E-state index contributed by atoms with van der Waals surface area (Å²) in [5.74, 6) is -1.16. The first-order valence-corrected chi connectivity index (χ1v) is 11.2. The molecule has 2 atom stereocenters. The van der Waals surface area contributed by atoms with Gasteiger partial charge >= 0.3 is 5.97 Å². The third-order valence-corrected chi connectivity index (χ3v) is 6.62. The summed E-state index contributed by atoms with van der Waals surface area (Å²) < 4.78 is 28.8. The van der Waals surface area contributed by atoms with Gasteiger partial charge in [-0.15, -0.1) is 5.10 Å². The number of para-hydroxylation sites is 1. The molecule has 1 aromatic heterocycles. The van der Waals surface area contributed by atoms with Crippen molar-refractivity contribution in [2.24, 2.45) is 0 Å². The van der Waals surface area contributed by atoms with Gasteiger partial charge in [-0.3, -0.25) is 4.79 Å². The standard InChI is InChI=1S/C19H24N4O5S/c1-4-22(16-10-11-29(26,27)12-16)18(24)14(3)28-19(25)17-13(2)20-23(21-17)15-8-6-5-7-9-15/h5-9,14,16H,4,10-12H2,1-3H3/t14-,16-/m0/s1. The molecular formula is C19H24N4O5S. The van der Waals surface area contributed by atoms with Gasteiger partial charge in [-0.25, -0.2) is 13.2 Å². The molecule has 1 fully saturated rings. The number of aromatic nitrogens is 3. The molecule has 2 heterocycles. The van der Waals surface area contributed by atoms with Gasteiger partial charge < -0.3 is 9.64 Å². The minimum Gasteiger partial charge on any atom is -0.448 e. The van der Waals surface area contributed by atoms with Crippen LogP contribution in [0.4, 0.5) is 0 Å². The van der Waals surface area contributed by atoms with Crippen molar-refractivity contribution >= 4 is 21.7 Å². The van der Waals surface area contributed by atoms with Crippen LogP contribution in [0.15, 0.2) is 30.3 Å². The third-order valence-electron chi connectivity index (χ3n) is 4.87. The third kappa shape index (κ3) is 4.64. The van der Waals surface area contributed by atoms with Crippen molar-refractivity contribution in [2.45, 2.75) is 39.3 Å². The van der Waals surface area contributed by atoms with Crippen LogP contribution in [0.3, 0.4) is 0 Å². The molecule has 1 aromatic carbocycles. The first kappa shape index (κ1) is 21.0. The quantitative estimate of drug-likeness (QED) is 0.645. The van der Waals surface area contributed by atoms with Gasteiger partial charge in [-0.2, -0.15) is 9.90 Å². The monoisotopic (exact) mass is 420 g/mol. The number of esters is 1. The van der Waals surface area contributed by atoms with Crippen molar-refractivity contribution < 1.29 is 22.7 Å². The molecule has 0 spiro atoms. The number of carbonyl (C=O) groups excluding carboxylic acids is 2. The average Bonchev–Trinajstić information content (AvgIpc) is 3.25. The Bertz CT molecular complexity index is 1000. The molecule has 1 saturated heterocycles. The number of benzene rings is 1. The lowest BCUT2D eigenvalue weighted by atomic mass is 10.2. The number of ether oxygens (including phenoxy) is 1. The summed E-state index contributed by atoms with van der Waals surface area (Å²) in [4.78, 5) is 28.1. The minimum atomic E-state index is -3.13. The Labute approximate surface area is 169 Å². The SMILES string of the molecule is CCN(C(=O)[C@H](C)OC(=O)c1nn(-c2ccccc2)nc1C)[C@H]1CCS(=O)(=O)C1. The van der Waals surface area contributed by atoms with Gasteiger partial charge in [-0.05, 0) is 39.3 Å². The molecule has 156 valence electrons.